The van der Waals surface area contributed by atoms with Gasteiger partial charge in [-0.3, -0.25) is 5.32 Å². The van der Waals surface area contributed by atoms with Crippen molar-refractivity contribution < 1.29 is 22.7 Å². The summed E-state index contributed by atoms with van der Waals surface area (Å²) < 4.78 is 42.8. The quantitative estimate of drug-likeness (QED) is 0.827. The van der Waals surface area contributed by atoms with E-state index in [1.54, 1.807) is 20.8 Å². The van der Waals surface area contributed by atoms with Gasteiger partial charge in [-0.1, -0.05) is 0 Å². The number of hydrogen-bond donors (Lipinski definition) is 1. The largest absolute Gasteiger partial charge is 0.444 e. The zero-order chi connectivity index (χ0) is 14.8. The SMILES string of the molecule is Cc1cc(NC(=O)OC(C)(C)C)cc(C(F)(F)F)c1. The fourth-order valence-electron chi connectivity index (χ4n) is 1.44. The molecule has 1 N–H and O–H groups in total. The number of ether oxygens (including phenoxy) is 1. The average molecular weight is 275 g/mol. The smallest absolute Gasteiger partial charge is 0.416 e. The molecule has 0 aromatic heterocycles. The van der Waals surface area contributed by atoms with Crippen molar-refractivity contribution in [3.63, 3.8) is 0 Å². The van der Waals surface area contributed by atoms with Crippen LogP contribution in [-0.4, -0.2) is 11.7 Å². The number of carbonyl (C=O) groups excluding carboxylic acids is 1. The van der Waals surface area contributed by atoms with E-state index in [0.29, 0.717) is 5.56 Å². The van der Waals surface area contributed by atoms with E-state index in [9.17, 15) is 18.0 Å². The van der Waals surface area contributed by atoms with E-state index in [-0.39, 0.29) is 5.69 Å². The first kappa shape index (κ1) is 15.3. The highest BCUT2D eigenvalue weighted by atomic mass is 19.4. The lowest BCUT2D eigenvalue weighted by Crippen LogP contribution is -2.27. The van der Waals surface area contributed by atoms with Gasteiger partial charge in [0.15, 0.2) is 0 Å². The molecule has 6 heteroatoms. The zero-order valence-electron chi connectivity index (χ0n) is 11.2. The van der Waals surface area contributed by atoms with Crippen LogP contribution < -0.4 is 5.32 Å². The van der Waals surface area contributed by atoms with Gasteiger partial charge in [0.1, 0.15) is 5.60 Å². The maximum Gasteiger partial charge on any atom is 0.416 e. The third-order valence-corrected chi connectivity index (χ3v) is 2.05. The van der Waals surface area contributed by atoms with Crippen LogP contribution in [0.5, 0.6) is 0 Å². The summed E-state index contributed by atoms with van der Waals surface area (Å²) in [5.41, 5.74) is -1.05. The number of anilines is 1. The summed E-state index contributed by atoms with van der Waals surface area (Å²) in [5.74, 6) is 0. The zero-order valence-corrected chi connectivity index (χ0v) is 11.2. The molecule has 0 atom stereocenters. The van der Waals surface area contributed by atoms with Crippen LogP contribution in [0.4, 0.5) is 23.7 Å². The molecule has 1 amide bonds. The lowest BCUT2D eigenvalue weighted by atomic mass is 10.1. The van der Waals surface area contributed by atoms with E-state index in [4.69, 9.17) is 4.74 Å². The van der Waals surface area contributed by atoms with E-state index in [1.165, 1.54) is 13.0 Å². The third kappa shape index (κ3) is 5.19. The normalized spacial score (nSPS) is 12.2. The summed E-state index contributed by atoms with van der Waals surface area (Å²) in [7, 11) is 0. The van der Waals surface area contributed by atoms with Gasteiger partial charge in [-0.25, -0.2) is 4.79 Å². The van der Waals surface area contributed by atoms with Gasteiger partial charge in [-0.2, -0.15) is 13.2 Å². The number of halogens is 3. The summed E-state index contributed by atoms with van der Waals surface area (Å²) in [6, 6.07) is 3.33. The van der Waals surface area contributed by atoms with E-state index in [2.05, 4.69) is 5.32 Å². The van der Waals surface area contributed by atoms with Crippen LogP contribution in [0.15, 0.2) is 18.2 Å². The molecule has 0 aliphatic rings. The van der Waals surface area contributed by atoms with Crippen LogP contribution in [0, 0.1) is 6.92 Å². The van der Waals surface area contributed by atoms with Crippen molar-refractivity contribution in [2.24, 2.45) is 0 Å². The van der Waals surface area contributed by atoms with E-state index in [0.717, 1.165) is 12.1 Å². The van der Waals surface area contributed by atoms with Crippen LogP contribution >= 0.6 is 0 Å². The van der Waals surface area contributed by atoms with Gasteiger partial charge in [0.2, 0.25) is 0 Å². The maximum absolute atomic E-state index is 12.6. The minimum absolute atomic E-state index is 0.0570. The van der Waals surface area contributed by atoms with Crippen molar-refractivity contribution in [1.82, 2.24) is 0 Å². The second-order valence-electron chi connectivity index (χ2n) is 5.21. The van der Waals surface area contributed by atoms with Crippen LogP contribution in [0.1, 0.15) is 31.9 Å². The van der Waals surface area contributed by atoms with Crippen LogP contribution in [0.2, 0.25) is 0 Å². The molecule has 0 radical (unpaired) electrons. The molecule has 0 fully saturated rings. The molecule has 0 saturated carbocycles. The first-order chi connectivity index (χ1) is 8.47. The van der Waals surface area contributed by atoms with Crippen LogP contribution in [0.25, 0.3) is 0 Å². The van der Waals surface area contributed by atoms with E-state index in [1.807, 2.05) is 0 Å². The van der Waals surface area contributed by atoms with Crippen LogP contribution in [-0.2, 0) is 10.9 Å². The Balaban J connectivity index is 2.91. The van der Waals surface area contributed by atoms with Crippen molar-refractivity contribution in [1.29, 1.82) is 0 Å². The number of nitrogens with one attached hydrogen (secondary N) is 1. The Hall–Kier alpha value is -1.72. The minimum Gasteiger partial charge on any atom is -0.444 e. The Labute approximate surface area is 109 Å². The predicted molar refractivity (Wildman–Crippen MR) is 66.0 cm³/mol. The maximum atomic E-state index is 12.6. The van der Waals surface area contributed by atoms with Gasteiger partial charge in [0, 0.05) is 5.69 Å². The number of amides is 1. The average Bonchev–Trinajstić information content (AvgIpc) is 2.11. The Morgan fingerprint density at radius 3 is 2.21 bits per heavy atom. The molecule has 1 aromatic carbocycles. The number of rotatable bonds is 1. The summed E-state index contributed by atoms with van der Waals surface area (Å²) >= 11 is 0. The van der Waals surface area contributed by atoms with Crippen molar-refractivity contribution >= 4 is 11.8 Å². The van der Waals surface area contributed by atoms with Gasteiger partial charge in [-0.15, -0.1) is 0 Å². The first-order valence-electron chi connectivity index (χ1n) is 5.66. The summed E-state index contributed by atoms with van der Waals surface area (Å²) in [4.78, 5) is 11.5. The molecule has 1 aromatic rings. The van der Waals surface area contributed by atoms with Gasteiger partial charge >= 0.3 is 12.3 Å². The Kier molecular flexibility index (Phi) is 4.12. The second-order valence-corrected chi connectivity index (χ2v) is 5.21. The molecule has 0 bridgehead atoms. The topological polar surface area (TPSA) is 38.3 Å². The number of alkyl halides is 3. The number of hydrogen-bond acceptors (Lipinski definition) is 2. The fourth-order valence-corrected chi connectivity index (χ4v) is 1.44. The highest BCUT2D eigenvalue weighted by Crippen LogP contribution is 2.31. The van der Waals surface area contributed by atoms with Crippen molar-refractivity contribution in [2.45, 2.75) is 39.5 Å². The van der Waals surface area contributed by atoms with E-state index < -0.39 is 23.4 Å². The molecule has 3 nitrogen and oxygen atoms in total. The van der Waals surface area contributed by atoms with Crippen molar-refractivity contribution in [2.75, 3.05) is 5.32 Å². The monoisotopic (exact) mass is 275 g/mol. The molecule has 0 spiro atoms. The van der Waals surface area contributed by atoms with Gasteiger partial charge in [-0.05, 0) is 51.5 Å². The number of carbonyl (C=O) groups is 1. The predicted octanol–water partition coefficient (Wildman–Crippen LogP) is 4.36. The molecule has 1 rings (SSSR count). The molecule has 106 valence electrons. The van der Waals surface area contributed by atoms with Gasteiger partial charge in [0.25, 0.3) is 0 Å². The Bertz CT molecular complexity index is 476. The van der Waals surface area contributed by atoms with Crippen LogP contribution in [0.3, 0.4) is 0 Å². The third-order valence-electron chi connectivity index (χ3n) is 2.05. The highest BCUT2D eigenvalue weighted by Gasteiger charge is 2.31. The Morgan fingerprint density at radius 1 is 1.16 bits per heavy atom. The lowest BCUT2D eigenvalue weighted by Gasteiger charge is -2.20. The molecule has 0 unspecified atom stereocenters. The summed E-state index contributed by atoms with van der Waals surface area (Å²) in [6.07, 6.45) is -5.23. The number of benzene rings is 1. The lowest BCUT2D eigenvalue weighted by molar-refractivity contribution is -0.137. The molecule has 0 saturated heterocycles. The summed E-state index contributed by atoms with van der Waals surface area (Å²) in [5, 5.41) is 2.29. The van der Waals surface area contributed by atoms with Crippen molar-refractivity contribution in [3.05, 3.63) is 29.3 Å². The highest BCUT2D eigenvalue weighted by molar-refractivity contribution is 5.85. The Morgan fingerprint density at radius 2 is 1.74 bits per heavy atom. The van der Waals surface area contributed by atoms with E-state index >= 15 is 0 Å². The fraction of sp³-hybridized carbons (Fsp3) is 0.462. The molecular formula is C13H16F3NO2. The standard InChI is InChI=1S/C13H16F3NO2/c1-8-5-9(13(14,15)16)7-10(6-8)17-11(18)19-12(2,3)4/h5-7H,1-4H3,(H,17,18). The first-order valence-corrected chi connectivity index (χ1v) is 5.66. The van der Waals surface area contributed by atoms with Crippen molar-refractivity contribution in [3.8, 4) is 0 Å². The molecule has 0 heterocycles. The summed E-state index contributed by atoms with van der Waals surface area (Å²) in [6.45, 7) is 6.54. The van der Waals surface area contributed by atoms with Gasteiger partial charge < -0.3 is 4.74 Å². The van der Waals surface area contributed by atoms with Gasteiger partial charge in [0.05, 0.1) is 5.56 Å². The minimum atomic E-state index is -4.45. The molecule has 0 aliphatic heterocycles. The second kappa shape index (κ2) is 5.11. The molecule has 0 aliphatic carbocycles. The molecule has 19 heavy (non-hydrogen) atoms. The number of aryl methyl sites for hydroxylation is 1. The molecular weight excluding hydrogens is 259 g/mol.